The van der Waals surface area contributed by atoms with E-state index >= 15 is 0 Å². The van der Waals surface area contributed by atoms with E-state index in [1.807, 2.05) is 25.1 Å². The maximum absolute atomic E-state index is 11.0. The van der Waals surface area contributed by atoms with E-state index in [-0.39, 0.29) is 10.7 Å². The van der Waals surface area contributed by atoms with E-state index in [4.69, 9.17) is 23.2 Å². The monoisotopic (exact) mass is 239 g/mol. The van der Waals surface area contributed by atoms with Gasteiger partial charge in [0.1, 0.15) is 5.15 Å². The topological polar surface area (TPSA) is 30.0 Å². The second kappa shape index (κ2) is 3.80. The van der Waals surface area contributed by atoms with E-state index in [2.05, 4.69) is 4.98 Å². The number of aromatic nitrogens is 1. The first-order valence-corrected chi connectivity index (χ1v) is 5.11. The summed E-state index contributed by atoms with van der Waals surface area (Å²) >= 11 is 11.2. The highest BCUT2D eigenvalue weighted by molar-refractivity contribution is 6.68. The smallest absolute Gasteiger partial charge is 0.255 e. The fraction of sp³-hybridized carbons (Fsp3) is 0.0909. The lowest BCUT2D eigenvalue weighted by atomic mass is 10.1. The number of pyridine rings is 1. The van der Waals surface area contributed by atoms with Gasteiger partial charge in [0.2, 0.25) is 0 Å². The molecule has 0 radical (unpaired) electrons. The Morgan fingerprint density at radius 2 is 2.13 bits per heavy atom. The summed E-state index contributed by atoms with van der Waals surface area (Å²) in [5.41, 5.74) is 2.06. The Morgan fingerprint density at radius 1 is 1.40 bits per heavy atom. The van der Waals surface area contributed by atoms with Crippen LogP contribution in [-0.2, 0) is 0 Å². The number of hydrogen-bond donors (Lipinski definition) is 0. The molecule has 0 N–H and O–H groups in total. The minimum Gasteiger partial charge on any atom is -0.275 e. The summed E-state index contributed by atoms with van der Waals surface area (Å²) in [5.74, 6) is 0. The Labute approximate surface area is 96.8 Å². The van der Waals surface area contributed by atoms with E-state index in [1.165, 1.54) is 0 Å². The summed E-state index contributed by atoms with van der Waals surface area (Å²) < 4.78 is 0. The number of carbonyl (C=O) groups excluding carboxylic acids is 1. The van der Waals surface area contributed by atoms with Crippen molar-refractivity contribution < 1.29 is 4.79 Å². The molecule has 2 aromatic rings. The average Bonchev–Trinajstić information content (AvgIpc) is 2.18. The van der Waals surface area contributed by atoms with Crippen molar-refractivity contribution in [2.24, 2.45) is 0 Å². The van der Waals surface area contributed by atoms with Gasteiger partial charge in [-0.25, -0.2) is 4.98 Å². The second-order valence-corrected chi connectivity index (χ2v) is 3.95. The van der Waals surface area contributed by atoms with Crippen LogP contribution >= 0.6 is 23.2 Å². The highest BCUT2D eigenvalue weighted by atomic mass is 35.5. The van der Waals surface area contributed by atoms with Gasteiger partial charge in [-0.3, -0.25) is 4.79 Å². The SMILES string of the molecule is Cc1cccc2cc(C(=O)Cl)c(Cl)nc12. The minimum atomic E-state index is -0.587. The molecule has 0 saturated carbocycles. The Morgan fingerprint density at radius 3 is 2.80 bits per heavy atom. The van der Waals surface area contributed by atoms with Crippen molar-refractivity contribution in [3.63, 3.8) is 0 Å². The van der Waals surface area contributed by atoms with Gasteiger partial charge in [-0.15, -0.1) is 0 Å². The van der Waals surface area contributed by atoms with Gasteiger partial charge in [-0.1, -0.05) is 29.8 Å². The zero-order valence-electron chi connectivity index (χ0n) is 7.92. The third-order valence-corrected chi connectivity index (χ3v) is 2.70. The van der Waals surface area contributed by atoms with Crippen molar-refractivity contribution in [3.05, 3.63) is 40.5 Å². The van der Waals surface area contributed by atoms with Crippen LogP contribution in [0.25, 0.3) is 10.9 Å². The van der Waals surface area contributed by atoms with Crippen LogP contribution < -0.4 is 0 Å². The summed E-state index contributed by atoms with van der Waals surface area (Å²) in [4.78, 5) is 15.2. The van der Waals surface area contributed by atoms with Crippen LogP contribution in [0.2, 0.25) is 5.15 Å². The zero-order valence-corrected chi connectivity index (χ0v) is 9.43. The molecule has 0 spiro atoms. The van der Waals surface area contributed by atoms with Crippen molar-refractivity contribution in [2.75, 3.05) is 0 Å². The molecule has 1 aromatic carbocycles. The van der Waals surface area contributed by atoms with Crippen LogP contribution in [0.3, 0.4) is 0 Å². The minimum absolute atomic E-state index is 0.150. The highest BCUT2D eigenvalue weighted by Crippen LogP contribution is 2.23. The molecular formula is C11H7Cl2NO. The standard InChI is InChI=1S/C11H7Cl2NO/c1-6-3-2-4-7-5-8(11(13)15)10(12)14-9(6)7/h2-5H,1H3. The molecule has 2 nitrogen and oxygen atoms in total. The van der Waals surface area contributed by atoms with E-state index in [0.29, 0.717) is 0 Å². The second-order valence-electron chi connectivity index (χ2n) is 3.25. The van der Waals surface area contributed by atoms with Gasteiger partial charge in [0.25, 0.3) is 5.24 Å². The molecule has 76 valence electrons. The van der Waals surface area contributed by atoms with Crippen molar-refractivity contribution >= 4 is 39.3 Å². The largest absolute Gasteiger partial charge is 0.275 e. The molecule has 1 aromatic heterocycles. The summed E-state index contributed by atoms with van der Waals surface area (Å²) in [6, 6.07) is 7.37. The van der Waals surface area contributed by atoms with Crippen LogP contribution in [0, 0.1) is 6.92 Å². The Hall–Kier alpha value is -1.12. The third-order valence-electron chi connectivity index (χ3n) is 2.21. The number of carbonyl (C=O) groups is 1. The van der Waals surface area contributed by atoms with Crippen molar-refractivity contribution in [2.45, 2.75) is 6.92 Å². The normalized spacial score (nSPS) is 10.6. The zero-order chi connectivity index (χ0) is 11.0. The fourth-order valence-electron chi connectivity index (χ4n) is 1.46. The maximum atomic E-state index is 11.0. The molecule has 0 unspecified atom stereocenters. The predicted octanol–water partition coefficient (Wildman–Crippen LogP) is 3.58. The molecule has 0 atom stereocenters. The summed E-state index contributed by atoms with van der Waals surface area (Å²) in [7, 11) is 0. The highest BCUT2D eigenvalue weighted by Gasteiger charge is 2.11. The molecule has 1 heterocycles. The van der Waals surface area contributed by atoms with Crippen LogP contribution in [0.1, 0.15) is 15.9 Å². The van der Waals surface area contributed by atoms with Crippen LogP contribution in [0.5, 0.6) is 0 Å². The Bertz CT molecular complexity index is 552. The molecular weight excluding hydrogens is 233 g/mol. The van der Waals surface area contributed by atoms with Gasteiger partial charge in [-0.2, -0.15) is 0 Å². The number of fused-ring (bicyclic) bond motifs is 1. The summed E-state index contributed by atoms with van der Waals surface area (Å²) in [6.45, 7) is 1.94. The summed E-state index contributed by atoms with van der Waals surface area (Å²) in [6.07, 6.45) is 0. The van der Waals surface area contributed by atoms with Crippen molar-refractivity contribution in [3.8, 4) is 0 Å². The summed E-state index contributed by atoms with van der Waals surface area (Å²) in [5, 5.41) is 0.427. The van der Waals surface area contributed by atoms with E-state index in [1.54, 1.807) is 6.07 Å². The molecule has 0 amide bonds. The van der Waals surface area contributed by atoms with Gasteiger partial charge in [0.15, 0.2) is 0 Å². The van der Waals surface area contributed by atoms with Crippen LogP contribution in [-0.4, -0.2) is 10.2 Å². The molecule has 0 aliphatic rings. The lowest BCUT2D eigenvalue weighted by Gasteiger charge is -2.04. The van der Waals surface area contributed by atoms with Gasteiger partial charge >= 0.3 is 0 Å². The van der Waals surface area contributed by atoms with Crippen LogP contribution in [0.4, 0.5) is 0 Å². The predicted molar refractivity (Wildman–Crippen MR) is 61.7 cm³/mol. The number of benzene rings is 1. The maximum Gasteiger partial charge on any atom is 0.255 e. The molecule has 0 aliphatic heterocycles. The van der Waals surface area contributed by atoms with E-state index in [9.17, 15) is 4.79 Å². The lowest BCUT2D eigenvalue weighted by molar-refractivity contribution is 0.108. The first kappa shape index (κ1) is 10.4. The number of para-hydroxylation sites is 1. The average molecular weight is 240 g/mol. The van der Waals surface area contributed by atoms with Gasteiger partial charge in [0, 0.05) is 5.39 Å². The number of rotatable bonds is 1. The molecule has 0 aliphatic carbocycles. The van der Waals surface area contributed by atoms with Crippen LogP contribution in [0.15, 0.2) is 24.3 Å². The van der Waals surface area contributed by atoms with Crippen molar-refractivity contribution in [1.29, 1.82) is 0 Å². The van der Waals surface area contributed by atoms with Gasteiger partial charge < -0.3 is 0 Å². The quantitative estimate of drug-likeness (QED) is 0.563. The third kappa shape index (κ3) is 1.83. The van der Waals surface area contributed by atoms with Gasteiger partial charge in [0.05, 0.1) is 11.1 Å². The molecule has 0 fully saturated rings. The lowest BCUT2D eigenvalue weighted by Crippen LogP contribution is -1.94. The first-order valence-electron chi connectivity index (χ1n) is 4.35. The molecule has 15 heavy (non-hydrogen) atoms. The van der Waals surface area contributed by atoms with Gasteiger partial charge in [-0.05, 0) is 30.2 Å². The Kier molecular flexibility index (Phi) is 2.63. The number of aryl methyl sites for hydroxylation is 1. The number of hydrogen-bond acceptors (Lipinski definition) is 2. The first-order chi connectivity index (χ1) is 7.09. The molecule has 2 rings (SSSR count). The number of halogens is 2. The fourth-order valence-corrected chi connectivity index (χ4v) is 1.88. The molecule has 0 bridgehead atoms. The van der Waals surface area contributed by atoms with Crippen molar-refractivity contribution in [1.82, 2.24) is 4.98 Å². The van der Waals surface area contributed by atoms with E-state index < -0.39 is 5.24 Å². The number of nitrogens with zero attached hydrogens (tertiary/aromatic N) is 1. The van der Waals surface area contributed by atoms with E-state index in [0.717, 1.165) is 16.5 Å². The molecule has 0 saturated heterocycles. The Balaban J connectivity index is 2.82. The molecule has 4 heteroatoms.